The predicted octanol–water partition coefficient (Wildman–Crippen LogP) is 2.69. The SMILES string of the molecule is COc1ccc(NC(=O)Cn2cnc3ccccc32)cc1OC. The van der Waals surface area contributed by atoms with Gasteiger partial charge in [0.1, 0.15) is 6.54 Å². The molecule has 1 N–H and O–H groups in total. The first-order valence-corrected chi connectivity index (χ1v) is 7.13. The monoisotopic (exact) mass is 311 g/mol. The molecule has 0 aliphatic heterocycles. The minimum atomic E-state index is -0.139. The van der Waals surface area contributed by atoms with Crippen LogP contribution in [0.1, 0.15) is 0 Å². The Bertz CT molecular complexity index is 842. The van der Waals surface area contributed by atoms with E-state index < -0.39 is 0 Å². The fraction of sp³-hybridized carbons (Fsp3) is 0.176. The van der Waals surface area contributed by atoms with Crippen LogP contribution in [0.25, 0.3) is 11.0 Å². The highest BCUT2D eigenvalue weighted by Crippen LogP contribution is 2.29. The number of hydrogen-bond donors (Lipinski definition) is 1. The molecule has 3 rings (SSSR count). The summed E-state index contributed by atoms with van der Waals surface area (Å²) in [5, 5.41) is 2.85. The van der Waals surface area contributed by atoms with Gasteiger partial charge in [-0.3, -0.25) is 4.79 Å². The number of benzene rings is 2. The van der Waals surface area contributed by atoms with Gasteiger partial charge in [-0.25, -0.2) is 4.98 Å². The van der Waals surface area contributed by atoms with Crippen molar-refractivity contribution in [1.29, 1.82) is 0 Å². The molecule has 1 aromatic heterocycles. The maximum atomic E-state index is 12.2. The summed E-state index contributed by atoms with van der Waals surface area (Å²) in [6.45, 7) is 0.189. The zero-order chi connectivity index (χ0) is 16.2. The van der Waals surface area contributed by atoms with E-state index in [1.807, 2.05) is 28.8 Å². The third-order valence-electron chi connectivity index (χ3n) is 3.51. The van der Waals surface area contributed by atoms with Crippen molar-refractivity contribution in [2.75, 3.05) is 19.5 Å². The van der Waals surface area contributed by atoms with Gasteiger partial charge >= 0.3 is 0 Å². The number of aromatic nitrogens is 2. The first-order chi connectivity index (χ1) is 11.2. The number of nitrogens with one attached hydrogen (secondary N) is 1. The minimum absolute atomic E-state index is 0.139. The van der Waals surface area contributed by atoms with Crippen LogP contribution in [0.5, 0.6) is 11.5 Å². The largest absolute Gasteiger partial charge is 0.493 e. The molecule has 0 unspecified atom stereocenters. The quantitative estimate of drug-likeness (QED) is 0.787. The summed E-state index contributed by atoms with van der Waals surface area (Å²) >= 11 is 0. The molecular weight excluding hydrogens is 294 g/mol. The second-order valence-corrected chi connectivity index (χ2v) is 4.98. The number of fused-ring (bicyclic) bond motifs is 1. The summed E-state index contributed by atoms with van der Waals surface area (Å²) < 4.78 is 12.2. The molecule has 0 radical (unpaired) electrons. The van der Waals surface area contributed by atoms with E-state index in [-0.39, 0.29) is 12.5 Å². The number of hydrogen-bond acceptors (Lipinski definition) is 4. The zero-order valence-corrected chi connectivity index (χ0v) is 12.9. The number of anilines is 1. The first-order valence-electron chi connectivity index (χ1n) is 7.13. The molecule has 2 aromatic carbocycles. The molecule has 6 nitrogen and oxygen atoms in total. The summed E-state index contributed by atoms with van der Waals surface area (Å²) in [6, 6.07) is 12.9. The Kier molecular flexibility index (Phi) is 4.14. The van der Waals surface area contributed by atoms with E-state index in [1.54, 1.807) is 38.7 Å². The summed E-state index contributed by atoms with van der Waals surface area (Å²) in [7, 11) is 3.13. The van der Waals surface area contributed by atoms with Crippen LogP contribution in [0.3, 0.4) is 0 Å². The fourth-order valence-corrected chi connectivity index (χ4v) is 2.41. The highest BCUT2D eigenvalue weighted by atomic mass is 16.5. The fourth-order valence-electron chi connectivity index (χ4n) is 2.41. The number of ether oxygens (including phenoxy) is 2. The van der Waals surface area contributed by atoms with Gasteiger partial charge in [0.2, 0.25) is 5.91 Å². The van der Waals surface area contributed by atoms with Gasteiger partial charge in [0.15, 0.2) is 11.5 Å². The molecule has 0 fully saturated rings. The predicted molar refractivity (Wildman–Crippen MR) is 87.9 cm³/mol. The van der Waals surface area contributed by atoms with Crippen molar-refractivity contribution in [3.8, 4) is 11.5 Å². The van der Waals surface area contributed by atoms with Crippen LogP contribution in [0.15, 0.2) is 48.8 Å². The summed E-state index contributed by atoms with van der Waals surface area (Å²) in [6.07, 6.45) is 1.67. The van der Waals surface area contributed by atoms with Crippen LogP contribution in [-0.4, -0.2) is 29.7 Å². The molecule has 0 bridgehead atoms. The van der Waals surface area contributed by atoms with E-state index in [9.17, 15) is 4.79 Å². The Morgan fingerprint density at radius 2 is 1.91 bits per heavy atom. The molecule has 0 spiro atoms. The third kappa shape index (κ3) is 3.11. The Balaban J connectivity index is 1.74. The molecule has 6 heteroatoms. The maximum absolute atomic E-state index is 12.2. The van der Waals surface area contributed by atoms with Gasteiger partial charge < -0.3 is 19.4 Å². The van der Waals surface area contributed by atoms with Crippen molar-refractivity contribution in [2.45, 2.75) is 6.54 Å². The highest BCUT2D eigenvalue weighted by molar-refractivity contribution is 5.92. The Hall–Kier alpha value is -3.02. The van der Waals surface area contributed by atoms with E-state index in [1.165, 1.54) is 0 Å². The van der Waals surface area contributed by atoms with Crippen LogP contribution < -0.4 is 14.8 Å². The lowest BCUT2D eigenvalue weighted by molar-refractivity contribution is -0.116. The Labute approximate surface area is 133 Å². The second-order valence-electron chi connectivity index (χ2n) is 4.98. The van der Waals surface area contributed by atoms with Crippen molar-refractivity contribution in [3.05, 3.63) is 48.8 Å². The molecule has 1 heterocycles. The molecule has 0 aliphatic rings. The van der Waals surface area contributed by atoms with E-state index in [4.69, 9.17) is 9.47 Å². The molecule has 1 amide bonds. The van der Waals surface area contributed by atoms with Crippen molar-refractivity contribution in [1.82, 2.24) is 9.55 Å². The number of imidazole rings is 1. The maximum Gasteiger partial charge on any atom is 0.244 e. The number of para-hydroxylation sites is 2. The molecule has 0 saturated heterocycles. The van der Waals surface area contributed by atoms with Gasteiger partial charge in [0.25, 0.3) is 0 Å². The second kappa shape index (κ2) is 6.39. The third-order valence-corrected chi connectivity index (χ3v) is 3.51. The van der Waals surface area contributed by atoms with Crippen molar-refractivity contribution in [2.24, 2.45) is 0 Å². The summed E-state index contributed by atoms with van der Waals surface area (Å²) in [4.78, 5) is 16.5. The topological polar surface area (TPSA) is 65.4 Å². The molecule has 0 aliphatic carbocycles. The minimum Gasteiger partial charge on any atom is -0.493 e. The van der Waals surface area contributed by atoms with Gasteiger partial charge in [-0.05, 0) is 24.3 Å². The summed E-state index contributed by atoms with van der Waals surface area (Å²) in [5.74, 6) is 1.05. The summed E-state index contributed by atoms with van der Waals surface area (Å²) in [5.41, 5.74) is 2.44. The van der Waals surface area contributed by atoms with Crippen LogP contribution in [0.2, 0.25) is 0 Å². The molecule has 0 saturated carbocycles. The number of methoxy groups -OCH3 is 2. The van der Waals surface area contributed by atoms with E-state index >= 15 is 0 Å². The van der Waals surface area contributed by atoms with Crippen LogP contribution in [-0.2, 0) is 11.3 Å². The van der Waals surface area contributed by atoms with Gasteiger partial charge in [0, 0.05) is 11.8 Å². The van der Waals surface area contributed by atoms with Gasteiger partial charge in [0.05, 0.1) is 31.6 Å². The number of rotatable bonds is 5. The number of amides is 1. The Morgan fingerprint density at radius 1 is 1.13 bits per heavy atom. The van der Waals surface area contributed by atoms with E-state index in [0.717, 1.165) is 11.0 Å². The van der Waals surface area contributed by atoms with Crippen LogP contribution in [0.4, 0.5) is 5.69 Å². The van der Waals surface area contributed by atoms with E-state index in [2.05, 4.69) is 10.3 Å². The van der Waals surface area contributed by atoms with Crippen molar-refractivity contribution >= 4 is 22.6 Å². The van der Waals surface area contributed by atoms with E-state index in [0.29, 0.717) is 17.2 Å². The van der Waals surface area contributed by atoms with Gasteiger partial charge in [-0.1, -0.05) is 12.1 Å². The molecule has 118 valence electrons. The highest BCUT2D eigenvalue weighted by Gasteiger charge is 2.09. The molecular formula is C17H17N3O3. The van der Waals surface area contributed by atoms with Crippen molar-refractivity contribution < 1.29 is 14.3 Å². The first kappa shape index (κ1) is 14.9. The molecule has 0 atom stereocenters. The lowest BCUT2D eigenvalue weighted by atomic mass is 10.2. The normalized spacial score (nSPS) is 10.5. The molecule has 3 aromatic rings. The number of carbonyl (C=O) groups is 1. The standard InChI is InChI=1S/C17H17N3O3/c1-22-15-8-7-12(9-16(15)23-2)19-17(21)10-20-11-18-13-5-3-4-6-14(13)20/h3-9,11H,10H2,1-2H3,(H,19,21). The zero-order valence-electron chi connectivity index (χ0n) is 12.9. The average molecular weight is 311 g/mol. The van der Waals surface area contributed by atoms with Crippen LogP contribution >= 0.6 is 0 Å². The van der Waals surface area contributed by atoms with Crippen LogP contribution in [0, 0.1) is 0 Å². The number of carbonyl (C=O) groups excluding carboxylic acids is 1. The van der Waals surface area contributed by atoms with Gasteiger partial charge in [-0.15, -0.1) is 0 Å². The van der Waals surface area contributed by atoms with Crippen molar-refractivity contribution in [3.63, 3.8) is 0 Å². The average Bonchev–Trinajstić information content (AvgIpc) is 2.97. The molecule has 23 heavy (non-hydrogen) atoms. The lowest BCUT2D eigenvalue weighted by Crippen LogP contribution is -2.18. The Morgan fingerprint density at radius 3 is 2.70 bits per heavy atom. The number of nitrogens with zero attached hydrogens (tertiary/aromatic N) is 2. The smallest absolute Gasteiger partial charge is 0.244 e. The lowest BCUT2D eigenvalue weighted by Gasteiger charge is -2.11. The van der Waals surface area contributed by atoms with Gasteiger partial charge in [-0.2, -0.15) is 0 Å².